The van der Waals surface area contributed by atoms with E-state index in [1.54, 1.807) is 0 Å². The third-order valence-corrected chi connectivity index (χ3v) is 12.1. The second-order valence-corrected chi connectivity index (χ2v) is 14.5. The predicted octanol–water partition coefficient (Wildman–Crippen LogP) is 8.72. The summed E-state index contributed by atoms with van der Waals surface area (Å²) in [4.78, 5) is 0. The van der Waals surface area contributed by atoms with Crippen molar-refractivity contribution >= 4 is 11.4 Å². The van der Waals surface area contributed by atoms with Gasteiger partial charge < -0.3 is 16.2 Å². The van der Waals surface area contributed by atoms with Crippen molar-refractivity contribution in [1.29, 1.82) is 0 Å². The van der Waals surface area contributed by atoms with E-state index >= 15 is 0 Å². The van der Waals surface area contributed by atoms with Crippen LogP contribution in [0.15, 0.2) is 18.2 Å². The predicted molar refractivity (Wildman–Crippen MR) is 153 cm³/mol. The minimum Gasteiger partial charge on any atom is -0.490 e. The van der Waals surface area contributed by atoms with Crippen molar-refractivity contribution in [2.24, 2.45) is 52.3 Å². The number of ether oxygens (including phenoxy) is 1. The molecule has 4 aliphatic carbocycles. The minimum absolute atomic E-state index is 0.303. The molecule has 4 N–H and O–H groups in total. The molecule has 1 aromatic carbocycles. The topological polar surface area (TPSA) is 61.3 Å². The zero-order valence-electron chi connectivity index (χ0n) is 23.9. The van der Waals surface area contributed by atoms with Crippen LogP contribution in [0.4, 0.5) is 11.4 Å². The molecule has 3 heteroatoms. The van der Waals surface area contributed by atoms with Gasteiger partial charge in [-0.15, -0.1) is 0 Å². The number of nitrogens with two attached hydrogens (primary N) is 2. The van der Waals surface area contributed by atoms with E-state index in [2.05, 4.69) is 34.6 Å². The molecule has 0 saturated heterocycles. The van der Waals surface area contributed by atoms with Gasteiger partial charge in [-0.3, -0.25) is 0 Å². The summed E-state index contributed by atoms with van der Waals surface area (Å²) in [6.07, 6.45) is 17.1. The Morgan fingerprint density at radius 2 is 1.53 bits per heavy atom. The molecule has 0 spiro atoms. The largest absolute Gasteiger partial charge is 0.490 e. The van der Waals surface area contributed by atoms with E-state index in [1.165, 1.54) is 77.0 Å². The molecule has 2 unspecified atom stereocenters. The highest BCUT2D eigenvalue weighted by Crippen LogP contribution is 2.68. The van der Waals surface area contributed by atoms with Gasteiger partial charge in [-0.05, 0) is 116 Å². The number of hydrogen-bond acceptors (Lipinski definition) is 3. The number of hydrogen-bond donors (Lipinski definition) is 2. The number of rotatable bonds is 7. The van der Waals surface area contributed by atoms with Crippen molar-refractivity contribution in [3.05, 3.63) is 18.2 Å². The van der Waals surface area contributed by atoms with E-state index in [0.29, 0.717) is 28.3 Å². The maximum Gasteiger partial charge on any atom is 0.123 e. The maximum absolute atomic E-state index is 6.46. The highest BCUT2D eigenvalue weighted by atomic mass is 16.5. The van der Waals surface area contributed by atoms with Crippen LogP contribution in [0.1, 0.15) is 112 Å². The molecule has 4 fully saturated rings. The van der Waals surface area contributed by atoms with E-state index in [-0.39, 0.29) is 0 Å². The smallest absolute Gasteiger partial charge is 0.123 e. The van der Waals surface area contributed by atoms with E-state index in [0.717, 1.165) is 47.2 Å². The third-order valence-electron chi connectivity index (χ3n) is 12.1. The van der Waals surface area contributed by atoms with Crippen LogP contribution in [0.2, 0.25) is 0 Å². The van der Waals surface area contributed by atoms with Gasteiger partial charge in [-0.2, -0.15) is 0 Å². The Bertz CT molecular complexity index is 893. The molecule has 0 radical (unpaired) electrons. The summed E-state index contributed by atoms with van der Waals surface area (Å²) in [7, 11) is 0. The number of fused-ring (bicyclic) bond motifs is 5. The fraction of sp³-hybridized carbons (Fsp3) is 0.818. The molecule has 4 saturated carbocycles. The molecule has 202 valence electrons. The lowest BCUT2D eigenvalue weighted by molar-refractivity contribution is -0.126. The molecule has 9 atom stereocenters. The molecular formula is C33H54N2O. The van der Waals surface area contributed by atoms with Crippen LogP contribution < -0.4 is 16.2 Å². The standard InChI is InChI=1S/C33H54N2O/c1-21(2)7-6-8-22(3)29-11-12-30-28-10-9-23-17-26(36-27-19-24(34)18-25(35)20-27)13-15-32(23,4)31(28)14-16-33(29,30)5/h18-23,26,28-31H,6-17,34-35H2,1-5H3/t22-,23?,26?,28+,29-,30+,31+,32+,33-/m1/s1. The SMILES string of the molecule is CC(C)CCC[C@@H](C)[C@H]1CC[C@H]2[C@@H]3CCC4CC(Oc5cc(N)cc(N)c5)CC[C@]4(C)[C@H]3CC[C@]12C. The summed E-state index contributed by atoms with van der Waals surface area (Å²) in [6.45, 7) is 12.7. The normalized spacial score (nSPS) is 40.8. The lowest BCUT2D eigenvalue weighted by Gasteiger charge is -2.61. The van der Waals surface area contributed by atoms with Crippen LogP contribution in [0.25, 0.3) is 0 Å². The molecule has 0 heterocycles. The van der Waals surface area contributed by atoms with Crippen molar-refractivity contribution in [3.8, 4) is 5.75 Å². The molecular weight excluding hydrogens is 440 g/mol. The molecule has 4 aliphatic rings. The van der Waals surface area contributed by atoms with Crippen LogP contribution >= 0.6 is 0 Å². The zero-order valence-corrected chi connectivity index (χ0v) is 23.9. The number of nitrogen functional groups attached to an aromatic ring is 2. The Balaban J connectivity index is 1.24. The molecule has 1 aromatic rings. The fourth-order valence-corrected chi connectivity index (χ4v) is 10.3. The monoisotopic (exact) mass is 494 g/mol. The molecule has 0 aromatic heterocycles. The van der Waals surface area contributed by atoms with Gasteiger partial charge in [0.1, 0.15) is 5.75 Å². The first kappa shape index (κ1) is 26.2. The Morgan fingerprint density at radius 1 is 0.833 bits per heavy atom. The first-order chi connectivity index (χ1) is 17.1. The van der Waals surface area contributed by atoms with Gasteiger partial charge in [0.25, 0.3) is 0 Å². The molecule has 36 heavy (non-hydrogen) atoms. The second-order valence-electron chi connectivity index (χ2n) is 14.5. The summed E-state index contributed by atoms with van der Waals surface area (Å²) >= 11 is 0. The Hall–Kier alpha value is -1.38. The summed E-state index contributed by atoms with van der Waals surface area (Å²) in [5.41, 5.74) is 14.5. The quantitative estimate of drug-likeness (QED) is 0.372. The zero-order chi connectivity index (χ0) is 25.7. The first-order valence-corrected chi connectivity index (χ1v) is 15.4. The summed E-state index contributed by atoms with van der Waals surface area (Å²) in [5, 5.41) is 0. The van der Waals surface area contributed by atoms with Crippen LogP contribution in [-0.4, -0.2) is 6.10 Å². The second kappa shape index (κ2) is 10.1. The Morgan fingerprint density at radius 3 is 2.25 bits per heavy atom. The van der Waals surface area contributed by atoms with Crippen molar-refractivity contribution in [2.45, 2.75) is 118 Å². The van der Waals surface area contributed by atoms with Gasteiger partial charge >= 0.3 is 0 Å². The van der Waals surface area contributed by atoms with Gasteiger partial charge in [0.05, 0.1) is 6.10 Å². The number of anilines is 2. The minimum atomic E-state index is 0.303. The van der Waals surface area contributed by atoms with Gasteiger partial charge in [-0.1, -0.05) is 53.9 Å². The van der Waals surface area contributed by atoms with Crippen LogP contribution in [0.3, 0.4) is 0 Å². The highest BCUT2D eigenvalue weighted by molar-refractivity contribution is 5.56. The molecule has 0 aliphatic heterocycles. The number of benzene rings is 1. The van der Waals surface area contributed by atoms with Crippen LogP contribution in [0, 0.1) is 52.3 Å². The Kier molecular flexibility index (Phi) is 7.33. The van der Waals surface area contributed by atoms with Crippen LogP contribution in [0.5, 0.6) is 5.75 Å². The first-order valence-electron chi connectivity index (χ1n) is 15.4. The van der Waals surface area contributed by atoms with E-state index < -0.39 is 0 Å². The van der Waals surface area contributed by atoms with Crippen molar-refractivity contribution in [2.75, 3.05) is 11.5 Å². The van der Waals surface area contributed by atoms with Gasteiger partial charge in [0.15, 0.2) is 0 Å². The van der Waals surface area contributed by atoms with Crippen LogP contribution in [-0.2, 0) is 0 Å². The average Bonchev–Trinajstić information content (AvgIpc) is 3.15. The maximum atomic E-state index is 6.46. The fourth-order valence-electron chi connectivity index (χ4n) is 10.3. The van der Waals surface area contributed by atoms with E-state index in [9.17, 15) is 0 Å². The van der Waals surface area contributed by atoms with Crippen molar-refractivity contribution in [3.63, 3.8) is 0 Å². The van der Waals surface area contributed by atoms with Gasteiger partial charge in [-0.25, -0.2) is 0 Å². The lowest BCUT2D eigenvalue weighted by Crippen LogP contribution is -2.54. The lowest BCUT2D eigenvalue weighted by atomic mass is 9.44. The summed E-state index contributed by atoms with van der Waals surface area (Å²) < 4.78 is 6.46. The molecule has 3 nitrogen and oxygen atoms in total. The summed E-state index contributed by atoms with van der Waals surface area (Å²) in [6, 6.07) is 5.68. The third kappa shape index (κ3) is 4.78. The van der Waals surface area contributed by atoms with Crippen molar-refractivity contribution in [1.82, 2.24) is 0 Å². The van der Waals surface area contributed by atoms with Gasteiger partial charge in [0.2, 0.25) is 0 Å². The highest BCUT2D eigenvalue weighted by Gasteiger charge is 2.60. The molecule has 0 amide bonds. The van der Waals surface area contributed by atoms with Gasteiger partial charge in [0, 0.05) is 23.5 Å². The average molecular weight is 495 g/mol. The van der Waals surface area contributed by atoms with E-state index in [4.69, 9.17) is 16.2 Å². The Labute approximate surface area is 221 Å². The van der Waals surface area contributed by atoms with E-state index in [1.807, 2.05) is 18.2 Å². The molecule has 5 rings (SSSR count). The summed E-state index contributed by atoms with van der Waals surface area (Å²) in [5.74, 6) is 7.20. The molecule has 0 bridgehead atoms. The van der Waals surface area contributed by atoms with Crippen molar-refractivity contribution < 1.29 is 4.74 Å².